The number of ketones is 4. The van der Waals surface area contributed by atoms with Crippen molar-refractivity contribution in [2.75, 3.05) is 7.11 Å². The second kappa shape index (κ2) is 8.45. The number of aldehydes is 1. The lowest BCUT2D eigenvalue weighted by atomic mass is 9.53. The summed E-state index contributed by atoms with van der Waals surface area (Å²) in [5.74, 6) is -10.3. The van der Waals surface area contributed by atoms with Gasteiger partial charge in [0.15, 0.2) is 40.9 Å². The lowest BCUT2D eigenvalue weighted by Gasteiger charge is -2.48. The van der Waals surface area contributed by atoms with E-state index in [1.54, 1.807) is 24.3 Å². The van der Waals surface area contributed by atoms with E-state index < -0.39 is 64.7 Å². The predicted octanol–water partition coefficient (Wildman–Crippen LogP) is 0.815. The molecule has 2 unspecified atom stereocenters. The van der Waals surface area contributed by atoms with Gasteiger partial charge in [-0.25, -0.2) is 0 Å². The highest BCUT2D eigenvalue weighted by Gasteiger charge is 2.66. The molecule has 3 aliphatic rings. The Balaban J connectivity index is 1.61. The third kappa shape index (κ3) is 3.36. The minimum absolute atomic E-state index is 0.00164. The zero-order valence-electron chi connectivity index (χ0n) is 19.7. The Kier molecular flexibility index (Phi) is 5.60. The largest absolute Gasteiger partial charge is 0.507 e. The number of ether oxygens (including phenoxy) is 1. The van der Waals surface area contributed by atoms with Gasteiger partial charge >= 0.3 is 0 Å². The number of hydrogen-bond acceptors (Lipinski definition) is 9. The maximum atomic E-state index is 13.7. The molecule has 0 heterocycles. The van der Waals surface area contributed by atoms with Crippen LogP contribution in [0.15, 0.2) is 30.3 Å². The van der Waals surface area contributed by atoms with Gasteiger partial charge in [0.25, 0.3) is 0 Å². The van der Waals surface area contributed by atoms with Gasteiger partial charge in [-0.2, -0.15) is 0 Å². The van der Waals surface area contributed by atoms with Gasteiger partial charge in [-0.1, -0.05) is 12.1 Å². The third-order valence-electron chi connectivity index (χ3n) is 7.95. The number of phenols is 1. The maximum Gasteiger partial charge on any atom is 0.235 e. The van der Waals surface area contributed by atoms with Gasteiger partial charge in [0.2, 0.25) is 5.91 Å². The van der Waals surface area contributed by atoms with Crippen molar-refractivity contribution >= 4 is 35.3 Å². The monoisotopic (exact) mass is 505 g/mol. The summed E-state index contributed by atoms with van der Waals surface area (Å²) >= 11 is 0. The molecular weight excluding hydrogens is 482 g/mol. The van der Waals surface area contributed by atoms with Gasteiger partial charge in [-0.05, 0) is 53.6 Å². The summed E-state index contributed by atoms with van der Waals surface area (Å²) in [6.45, 7) is 0. The molecule has 0 saturated heterocycles. The second-order valence-corrected chi connectivity index (χ2v) is 9.80. The number of carbonyl (C=O) groups is 6. The van der Waals surface area contributed by atoms with Gasteiger partial charge in [-0.3, -0.25) is 28.8 Å². The standard InChI is InChI=1S/C27H23NO9/c1-37-19-5-2-11(6-13(19)10-29)15-3-4-17(30)21-16(15)8-12-7-14-9-18(31)22(26(28)35)25(34)27(14,36)24(33)20(12)23(21)32/h2-6,10,12,14,20,22,30,36H,7-9H2,1H3,(H2,28,35)/t12-,14+,20?,22?,27+/m1/s1. The van der Waals surface area contributed by atoms with Gasteiger partial charge in [-0.15, -0.1) is 0 Å². The summed E-state index contributed by atoms with van der Waals surface area (Å²) in [6, 6.07) is 7.79. The highest BCUT2D eigenvalue weighted by Crippen LogP contribution is 2.51. The number of benzene rings is 2. The van der Waals surface area contributed by atoms with Crippen molar-refractivity contribution in [2.24, 2.45) is 29.4 Å². The topological polar surface area (TPSA) is 178 Å². The van der Waals surface area contributed by atoms with Crippen molar-refractivity contribution in [3.05, 3.63) is 47.0 Å². The summed E-state index contributed by atoms with van der Waals surface area (Å²) < 4.78 is 5.19. The molecule has 1 amide bonds. The smallest absolute Gasteiger partial charge is 0.235 e. The fraction of sp³-hybridized carbons (Fsp3) is 0.333. The molecule has 5 atom stereocenters. The van der Waals surface area contributed by atoms with Crippen molar-refractivity contribution in [1.29, 1.82) is 0 Å². The van der Waals surface area contributed by atoms with Crippen molar-refractivity contribution in [3.8, 4) is 22.6 Å². The fourth-order valence-electron chi connectivity index (χ4n) is 6.23. The summed E-state index contributed by atoms with van der Waals surface area (Å²) in [6.07, 6.45) is 0.365. The zero-order chi connectivity index (χ0) is 26.8. The molecule has 0 bridgehead atoms. The summed E-state index contributed by atoms with van der Waals surface area (Å²) in [5, 5.41) is 21.9. The summed E-state index contributed by atoms with van der Waals surface area (Å²) in [4.78, 5) is 76.0. The van der Waals surface area contributed by atoms with E-state index in [1.165, 1.54) is 13.2 Å². The van der Waals surface area contributed by atoms with Crippen LogP contribution in [0.4, 0.5) is 0 Å². The Morgan fingerprint density at radius 2 is 1.84 bits per heavy atom. The Morgan fingerprint density at radius 3 is 2.49 bits per heavy atom. The number of carbonyl (C=O) groups excluding carboxylic acids is 6. The number of rotatable bonds is 4. The minimum Gasteiger partial charge on any atom is -0.507 e. The molecule has 2 aromatic carbocycles. The Bertz CT molecular complexity index is 1430. The van der Waals surface area contributed by atoms with Crippen molar-refractivity contribution < 1.29 is 43.7 Å². The highest BCUT2D eigenvalue weighted by atomic mass is 16.5. The molecule has 0 radical (unpaired) electrons. The Morgan fingerprint density at radius 1 is 1.11 bits per heavy atom. The van der Waals surface area contributed by atoms with Gasteiger partial charge < -0.3 is 20.7 Å². The van der Waals surface area contributed by atoms with E-state index in [0.717, 1.165) is 0 Å². The molecule has 5 rings (SSSR count). The molecule has 4 N–H and O–H groups in total. The second-order valence-electron chi connectivity index (χ2n) is 9.80. The number of primary amides is 1. The first-order chi connectivity index (χ1) is 17.5. The van der Waals surface area contributed by atoms with Crippen molar-refractivity contribution in [1.82, 2.24) is 0 Å². The van der Waals surface area contributed by atoms with Crippen LogP contribution in [0.3, 0.4) is 0 Å². The number of hydrogen-bond donors (Lipinski definition) is 3. The quantitative estimate of drug-likeness (QED) is 0.401. The predicted molar refractivity (Wildman–Crippen MR) is 126 cm³/mol. The normalized spacial score (nSPS) is 28.7. The SMILES string of the molecule is COc1ccc(-c2ccc(O)c3c2C[C@H]2C[C@H]4CC(=O)C(C(N)=O)C(=O)[C@@]4(O)C(=O)C2C3=O)cc1C=O. The van der Waals surface area contributed by atoms with E-state index in [9.17, 15) is 39.0 Å². The molecule has 0 aromatic heterocycles. The lowest BCUT2D eigenvalue weighted by Crippen LogP contribution is -2.68. The van der Waals surface area contributed by atoms with E-state index in [0.29, 0.717) is 28.7 Å². The van der Waals surface area contributed by atoms with E-state index in [4.69, 9.17) is 10.5 Å². The average molecular weight is 505 g/mol. The molecule has 190 valence electrons. The molecule has 3 aliphatic carbocycles. The van der Waals surface area contributed by atoms with E-state index in [1.807, 2.05) is 0 Å². The highest BCUT2D eigenvalue weighted by molar-refractivity contribution is 6.31. The van der Waals surface area contributed by atoms with Crippen LogP contribution in [0, 0.1) is 23.7 Å². The van der Waals surface area contributed by atoms with Crippen LogP contribution >= 0.6 is 0 Å². The summed E-state index contributed by atoms with van der Waals surface area (Å²) in [7, 11) is 1.43. The molecule has 10 nitrogen and oxygen atoms in total. The number of nitrogens with two attached hydrogens (primary N) is 1. The Labute approximate surface area is 210 Å². The first-order valence-electron chi connectivity index (χ1n) is 11.7. The molecule has 2 aromatic rings. The van der Waals surface area contributed by atoms with E-state index in [2.05, 4.69) is 0 Å². The third-order valence-corrected chi connectivity index (χ3v) is 7.95. The van der Waals surface area contributed by atoms with Crippen LogP contribution in [0.5, 0.6) is 11.5 Å². The number of phenolic OH excluding ortho intramolecular Hbond substituents is 1. The van der Waals surface area contributed by atoms with Crippen LogP contribution in [0.1, 0.15) is 39.1 Å². The van der Waals surface area contributed by atoms with Gasteiger partial charge in [0, 0.05) is 12.3 Å². The molecule has 0 spiro atoms. The number of aromatic hydroxyl groups is 1. The van der Waals surface area contributed by atoms with Gasteiger partial charge in [0.1, 0.15) is 11.5 Å². The minimum atomic E-state index is -2.69. The number of Topliss-reactive ketones (excluding diaryl/α,β-unsaturated/α-hetero) is 4. The molecule has 0 aliphatic heterocycles. The molecule has 37 heavy (non-hydrogen) atoms. The van der Waals surface area contributed by atoms with Crippen LogP contribution in [-0.2, 0) is 25.6 Å². The van der Waals surface area contributed by atoms with Crippen LogP contribution in [0.25, 0.3) is 11.1 Å². The van der Waals surface area contributed by atoms with Crippen molar-refractivity contribution in [2.45, 2.75) is 24.9 Å². The van der Waals surface area contributed by atoms with Crippen LogP contribution < -0.4 is 10.5 Å². The molecule has 2 fully saturated rings. The number of fused-ring (bicyclic) bond motifs is 3. The molecule has 2 saturated carbocycles. The van der Waals surface area contributed by atoms with E-state index >= 15 is 0 Å². The van der Waals surface area contributed by atoms with E-state index in [-0.39, 0.29) is 29.7 Å². The average Bonchev–Trinajstić information content (AvgIpc) is 2.85. The van der Waals surface area contributed by atoms with Crippen molar-refractivity contribution in [3.63, 3.8) is 0 Å². The maximum absolute atomic E-state index is 13.7. The van der Waals surface area contributed by atoms with Gasteiger partial charge in [0.05, 0.1) is 24.2 Å². The molecule has 10 heteroatoms. The number of aliphatic hydroxyl groups is 1. The number of amides is 1. The lowest BCUT2D eigenvalue weighted by molar-refractivity contribution is -0.175. The zero-order valence-corrected chi connectivity index (χ0v) is 19.7. The van der Waals surface area contributed by atoms with Crippen LogP contribution in [-0.4, -0.2) is 58.3 Å². The number of methoxy groups -OCH3 is 1. The first-order valence-corrected chi connectivity index (χ1v) is 11.7. The Hall–Kier alpha value is -4.18. The fourth-order valence-corrected chi connectivity index (χ4v) is 6.23. The molecular formula is C27H23NO9. The first kappa shape index (κ1) is 24.5. The summed E-state index contributed by atoms with van der Waals surface area (Å²) in [5.41, 5.74) is 4.27. The van der Waals surface area contributed by atoms with Crippen LogP contribution in [0.2, 0.25) is 0 Å².